The van der Waals surface area contributed by atoms with Gasteiger partial charge in [0.2, 0.25) is 0 Å². The molecule has 19 heavy (non-hydrogen) atoms. The Morgan fingerprint density at radius 2 is 2.21 bits per heavy atom. The third-order valence-electron chi connectivity index (χ3n) is 3.90. The van der Waals surface area contributed by atoms with Crippen molar-refractivity contribution < 1.29 is 9.84 Å². The van der Waals surface area contributed by atoms with Gasteiger partial charge in [-0.05, 0) is 38.8 Å². The van der Waals surface area contributed by atoms with Crippen LogP contribution in [0.25, 0.3) is 0 Å². The van der Waals surface area contributed by atoms with E-state index in [2.05, 4.69) is 18.7 Å². The second-order valence-electron chi connectivity index (χ2n) is 5.36. The Labute approximate surface area is 116 Å². The second-order valence-corrected chi connectivity index (χ2v) is 5.36. The van der Waals surface area contributed by atoms with Gasteiger partial charge in [-0.2, -0.15) is 0 Å². The number of phenols is 1. The first-order valence-corrected chi connectivity index (χ1v) is 7.36. The van der Waals surface area contributed by atoms with Crippen molar-refractivity contribution in [1.82, 2.24) is 4.90 Å². The smallest absolute Gasteiger partial charge is 0.120 e. The lowest BCUT2D eigenvalue weighted by molar-refractivity contribution is -0.0109. The average Bonchev–Trinajstić information content (AvgIpc) is 2.45. The number of rotatable bonds is 5. The third-order valence-corrected chi connectivity index (χ3v) is 3.90. The van der Waals surface area contributed by atoms with E-state index in [9.17, 15) is 5.11 Å². The molecule has 0 amide bonds. The molecular formula is C16H25NO2. The molecule has 0 aliphatic carbocycles. The summed E-state index contributed by atoms with van der Waals surface area (Å²) in [4.78, 5) is 2.42. The van der Waals surface area contributed by atoms with Gasteiger partial charge >= 0.3 is 0 Å². The molecule has 1 aliphatic rings. The van der Waals surface area contributed by atoms with Crippen LogP contribution in [0.4, 0.5) is 0 Å². The molecule has 3 heteroatoms. The van der Waals surface area contributed by atoms with E-state index < -0.39 is 0 Å². The van der Waals surface area contributed by atoms with Gasteiger partial charge in [0, 0.05) is 24.8 Å². The first-order chi connectivity index (χ1) is 9.22. The Balaban J connectivity index is 1.99. The second kappa shape index (κ2) is 6.92. The normalized spacial score (nSPS) is 22.3. The molecule has 106 valence electrons. The van der Waals surface area contributed by atoms with Gasteiger partial charge in [-0.3, -0.25) is 4.90 Å². The van der Waals surface area contributed by atoms with Gasteiger partial charge in [0.05, 0.1) is 6.10 Å². The van der Waals surface area contributed by atoms with Crippen molar-refractivity contribution in [1.29, 1.82) is 0 Å². The third kappa shape index (κ3) is 3.71. The van der Waals surface area contributed by atoms with Gasteiger partial charge < -0.3 is 9.84 Å². The average molecular weight is 263 g/mol. The summed E-state index contributed by atoms with van der Waals surface area (Å²) in [5, 5.41) is 9.96. The standard InChI is InChI=1S/C16H25NO2/c1-3-11-19-14-7-6-10-17(12-14)13(2)15-8-4-5-9-16(15)18/h4-5,8-9,13-14,18H,3,6-7,10-12H2,1-2H3. The van der Waals surface area contributed by atoms with Gasteiger partial charge in [-0.15, -0.1) is 0 Å². The molecule has 0 spiro atoms. The summed E-state index contributed by atoms with van der Waals surface area (Å²) in [6.07, 6.45) is 3.75. The van der Waals surface area contributed by atoms with Crippen LogP contribution in [-0.4, -0.2) is 35.8 Å². The fourth-order valence-electron chi connectivity index (χ4n) is 2.78. The maximum atomic E-state index is 9.96. The number of ether oxygens (including phenoxy) is 1. The van der Waals surface area contributed by atoms with Crippen LogP contribution < -0.4 is 0 Å². The van der Waals surface area contributed by atoms with Crippen LogP contribution in [0, 0.1) is 0 Å². The molecule has 1 aromatic carbocycles. The summed E-state index contributed by atoms with van der Waals surface area (Å²) in [7, 11) is 0. The lowest BCUT2D eigenvalue weighted by Gasteiger charge is -2.37. The predicted octanol–water partition coefficient (Wildman–Crippen LogP) is 3.34. The molecule has 1 saturated heterocycles. The highest BCUT2D eigenvalue weighted by Crippen LogP contribution is 2.30. The largest absolute Gasteiger partial charge is 0.508 e. The molecular weight excluding hydrogens is 238 g/mol. The number of aromatic hydroxyl groups is 1. The SMILES string of the molecule is CCCOC1CCCN(C(C)c2ccccc2O)C1. The van der Waals surface area contributed by atoms with E-state index in [1.165, 1.54) is 6.42 Å². The molecule has 2 atom stereocenters. The Kier molecular flexibility index (Phi) is 5.23. The van der Waals surface area contributed by atoms with Crippen molar-refractivity contribution in [2.45, 2.75) is 45.3 Å². The number of hydrogen-bond acceptors (Lipinski definition) is 3. The summed E-state index contributed by atoms with van der Waals surface area (Å²) in [6, 6.07) is 7.88. The van der Waals surface area contributed by atoms with E-state index in [4.69, 9.17) is 4.74 Å². The minimum Gasteiger partial charge on any atom is -0.508 e. The van der Waals surface area contributed by atoms with Crippen LogP contribution in [0.5, 0.6) is 5.75 Å². The highest BCUT2D eigenvalue weighted by Gasteiger charge is 2.25. The Morgan fingerprint density at radius 3 is 2.95 bits per heavy atom. The zero-order valence-electron chi connectivity index (χ0n) is 12.0. The van der Waals surface area contributed by atoms with E-state index in [-0.39, 0.29) is 6.04 Å². The van der Waals surface area contributed by atoms with E-state index >= 15 is 0 Å². The topological polar surface area (TPSA) is 32.7 Å². The minimum atomic E-state index is 0.245. The van der Waals surface area contributed by atoms with Crippen molar-refractivity contribution in [3.8, 4) is 5.75 Å². The zero-order valence-corrected chi connectivity index (χ0v) is 12.0. The van der Waals surface area contributed by atoms with Crippen LogP contribution in [0.2, 0.25) is 0 Å². The fourth-order valence-corrected chi connectivity index (χ4v) is 2.78. The van der Waals surface area contributed by atoms with Gasteiger partial charge in [0.25, 0.3) is 0 Å². The van der Waals surface area contributed by atoms with E-state index in [0.717, 1.165) is 38.1 Å². The fraction of sp³-hybridized carbons (Fsp3) is 0.625. The van der Waals surface area contributed by atoms with Crippen LogP contribution >= 0.6 is 0 Å². The lowest BCUT2D eigenvalue weighted by Crippen LogP contribution is -2.41. The number of likely N-dealkylation sites (tertiary alicyclic amines) is 1. The van der Waals surface area contributed by atoms with Crippen LogP contribution in [0.3, 0.4) is 0 Å². The van der Waals surface area contributed by atoms with Gasteiger partial charge in [-0.1, -0.05) is 25.1 Å². The molecule has 2 rings (SSSR count). The number of piperidine rings is 1. The summed E-state index contributed by atoms with van der Waals surface area (Å²) in [5.74, 6) is 0.395. The summed E-state index contributed by atoms with van der Waals surface area (Å²) in [6.45, 7) is 7.21. The number of hydrogen-bond donors (Lipinski definition) is 1. The van der Waals surface area contributed by atoms with Crippen molar-refractivity contribution in [2.75, 3.05) is 19.7 Å². The van der Waals surface area contributed by atoms with Crippen molar-refractivity contribution in [3.05, 3.63) is 29.8 Å². The van der Waals surface area contributed by atoms with Gasteiger partial charge in [0.1, 0.15) is 5.75 Å². The van der Waals surface area contributed by atoms with E-state index in [1.54, 1.807) is 6.07 Å². The number of phenolic OH excluding ortho intramolecular Hbond substituents is 1. The molecule has 2 unspecified atom stereocenters. The Hall–Kier alpha value is -1.06. The van der Waals surface area contributed by atoms with E-state index in [1.807, 2.05) is 18.2 Å². The highest BCUT2D eigenvalue weighted by molar-refractivity contribution is 5.34. The summed E-state index contributed by atoms with van der Waals surface area (Å²) in [5.41, 5.74) is 1.01. The number of benzene rings is 1. The predicted molar refractivity (Wildman–Crippen MR) is 77.4 cm³/mol. The number of nitrogens with zero attached hydrogens (tertiary/aromatic N) is 1. The molecule has 1 heterocycles. The van der Waals surface area contributed by atoms with Crippen LogP contribution in [0.15, 0.2) is 24.3 Å². The van der Waals surface area contributed by atoms with Crippen LogP contribution in [0.1, 0.15) is 44.7 Å². The molecule has 1 aliphatic heterocycles. The van der Waals surface area contributed by atoms with E-state index in [0.29, 0.717) is 11.9 Å². The zero-order chi connectivity index (χ0) is 13.7. The van der Waals surface area contributed by atoms with Gasteiger partial charge in [-0.25, -0.2) is 0 Å². The molecule has 0 saturated carbocycles. The maximum Gasteiger partial charge on any atom is 0.120 e. The molecule has 1 fully saturated rings. The highest BCUT2D eigenvalue weighted by atomic mass is 16.5. The minimum absolute atomic E-state index is 0.245. The monoisotopic (exact) mass is 263 g/mol. The molecule has 0 bridgehead atoms. The maximum absolute atomic E-state index is 9.96. The van der Waals surface area contributed by atoms with Crippen molar-refractivity contribution >= 4 is 0 Å². The first-order valence-electron chi connectivity index (χ1n) is 7.36. The summed E-state index contributed by atoms with van der Waals surface area (Å²) < 4.78 is 5.87. The van der Waals surface area contributed by atoms with Gasteiger partial charge in [0.15, 0.2) is 0 Å². The van der Waals surface area contributed by atoms with Crippen LogP contribution in [-0.2, 0) is 4.74 Å². The lowest BCUT2D eigenvalue weighted by atomic mass is 10.0. The first kappa shape index (κ1) is 14.4. The molecule has 0 aromatic heterocycles. The quantitative estimate of drug-likeness (QED) is 0.884. The molecule has 1 aromatic rings. The van der Waals surface area contributed by atoms with Crippen molar-refractivity contribution in [3.63, 3.8) is 0 Å². The summed E-state index contributed by atoms with van der Waals surface area (Å²) >= 11 is 0. The molecule has 0 radical (unpaired) electrons. The Morgan fingerprint density at radius 1 is 1.42 bits per heavy atom. The van der Waals surface area contributed by atoms with Crippen molar-refractivity contribution in [2.24, 2.45) is 0 Å². The Bertz CT molecular complexity index is 394. The number of para-hydroxylation sites is 1. The molecule has 1 N–H and O–H groups in total. The molecule has 3 nitrogen and oxygen atoms in total.